The van der Waals surface area contributed by atoms with Gasteiger partial charge >= 0.3 is 5.69 Å². The Balaban J connectivity index is 1.56. The van der Waals surface area contributed by atoms with Crippen molar-refractivity contribution in [3.05, 3.63) is 106 Å². The van der Waals surface area contributed by atoms with E-state index in [-0.39, 0.29) is 28.7 Å². The Morgan fingerprint density at radius 2 is 1.66 bits per heavy atom. The van der Waals surface area contributed by atoms with Gasteiger partial charge in [0.25, 0.3) is 0 Å². The van der Waals surface area contributed by atoms with E-state index in [1.807, 2.05) is 60.7 Å². The summed E-state index contributed by atoms with van der Waals surface area (Å²) < 4.78 is 5.03. The zero-order chi connectivity index (χ0) is 22.7. The first-order valence-corrected chi connectivity index (χ1v) is 10.3. The lowest BCUT2D eigenvalue weighted by Gasteiger charge is -2.18. The van der Waals surface area contributed by atoms with Crippen LogP contribution in [-0.4, -0.2) is 23.7 Å². The minimum atomic E-state index is -0.507. The molecule has 7 heteroatoms. The van der Waals surface area contributed by atoms with Crippen LogP contribution in [-0.2, 0) is 10.2 Å². The summed E-state index contributed by atoms with van der Waals surface area (Å²) in [6.07, 6.45) is 0.690. The largest absolute Gasteiger partial charge is 0.490 e. The minimum absolute atomic E-state index is 0.153. The molecule has 1 atom stereocenters. The van der Waals surface area contributed by atoms with E-state index in [1.54, 1.807) is 13.0 Å². The predicted molar refractivity (Wildman–Crippen MR) is 122 cm³/mol. The summed E-state index contributed by atoms with van der Waals surface area (Å²) in [6, 6.07) is 24.6. The van der Waals surface area contributed by atoms with Crippen LogP contribution in [0.25, 0.3) is 0 Å². The zero-order valence-electron chi connectivity index (χ0n) is 17.8. The molecular formula is C25H23N3O4. The van der Waals surface area contributed by atoms with Gasteiger partial charge in [-0.15, -0.1) is 0 Å². The van der Waals surface area contributed by atoms with Crippen LogP contribution in [0.2, 0.25) is 0 Å². The van der Waals surface area contributed by atoms with Crippen LogP contribution in [0.15, 0.2) is 84.0 Å². The number of nitrogens with one attached hydrogen (secondary N) is 1. The number of nitro benzene ring substituents is 1. The molecule has 0 radical (unpaired) electrons. The Kier molecular flexibility index (Phi) is 5.73. The van der Waals surface area contributed by atoms with Crippen LogP contribution in [0.4, 0.5) is 5.69 Å². The molecular weight excluding hydrogens is 406 g/mol. The first-order chi connectivity index (χ1) is 15.5. The van der Waals surface area contributed by atoms with Crippen molar-refractivity contribution in [3.8, 4) is 5.75 Å². The SMILES string of the molecule is COc1ccc(C(C)=NNC(=O)C2CC2(c2ccccc2)c2ccccc2)cc1[N+](=O)[O-]. The molecule has 1 saturated carbocycles. The number of ether oxygens (including phenoxy) is 1. The van der Waals surface area contributed by atoms with E-state index < -0.39 is 4.92 Å². The van der Waals surface area contributed by atoms with Crippen LogP contribution < -0.4 is 10.2 Å². The highest BCUT2D eigenvalue weighted by Gasteiger charge is 2.60. The van der Waals surface area contributed by atoms with E-state index in [4.69, 9.17) is 4.74 Å². The topological polar surface area (TPSA) is 93.8 Å². The number of hydrazone groups is 1. The minimum Gasteiger partial charge on any atom is -0.490 e. The molecule has 0 saturated heterocycles. The third-order valence-corrected chi connectivity index (χ3v) is 5.98. The highest BCUT2D eigenvalue weighted by atomic mass is 16.6. The molecule has 0 aliphatic heterocycles. The number of nitrogens with zero attached hydrogens (tertiary/aromatic N) is 2. The Morgan fingerprint density at radius 1 is 1.06 bits per heavy atom. The van der Waals surface area contributed by atoms with Crippen molar-refractivity contribution in [1.29, 1.82) is 0 Å². The molecule has 0 heterocycles. The molecule has 162 valence electrons. The lowest BCUT2D eigenvalue weighted by Crippen LogP contribution is -2.26. The fourth-order valence-corrected chi connectivity index (χ4v) is 4.19. The summed E-state index contributed by atoms with van der Waals surface area (Å²) in [5.74, 6) is -0.266. The van der Waals surface area contributed by atoms with Crippen molar-refractivity contribution in [2.75, 3.05) is 7.11 Å². The van der Waals surface area contributed by atoms with Crippen LogP contribution >= 0.6 is 0 Å². The lowest BCUT2D eigenvalue weighted by atomic mass is 9.85. The first-order valence-electron chi connectivity index (χ1n) is 10.3. The summed E-state index contributed by atoms with van der Waals surface area (Å²) >= 11 is 0. The quantitative estimate of drug-likeness (QED) is 0.341. The molecule has 1 unspecified atom stereocenters. The van der Waals surface area contributed by atoms with Crippen molar-refractivity contribution in [3.63, 3.8) is 0 Å². The molecule has 4 rings (SSSR count). The maximum atomic E-state index is 13.0. The van der Waals surface area contributed by atoms with Gasteiger partial charge in [-0.25, -0.2) is 5.43 Å². The van der Waals surface area contributed by atoms with Gasteiger partial charge in [0.05, 0.1) is 23.7 Å². The number of hydrogen-bond donors (Lipinski definition) is 1. The molecule has 32 heavy (non-hydrogen) atoms. The first kappa shape index (κ1) is 21.2. The third-order valence-electron chi connectivity index (χ3n) is 5.98. The van der Waals surface area contributed by atoms with Crippen LogP contribution in [0.1, 0.15) is 30.0 Å². The molecule has 3 aromatic rings. The van der Waals surface area contributed by atoms with Gasteiger partial charge in [-0.2, -0.15) is 5.10 Å². The fraction of sp³-hybridized carbons (Fsp3) is 0.200. The summed E-state index contributed by atoms with van der Waals surface area (Å²) in [5, 5.41) is 15.5. The molecule has 1 N–H and O–H groups in total. The van der Waals surface area contributed by atoms with Gasteiger partial charge < -0.3 is 4.74 Å². The van der Waals surface area contributed by atoms with Crippen LogP contribution in [0.5, 0.6) is 5.75 Å². The molecule has 0 bridgehead atoms. The zero-order valence-corrected chi connectivity index (χ0v) is 17.8. The fourth-order valence-electron chi connectivity index (χ4n) is 4.19. The third kappa shape index (κ3) is 3.85. The second-order valence-corrected chi connectivity index (χ2v) is 7.78. The predicted octanol–water partition coefficient (Wildman–Crippen LogP) is 4.45. The maximum absolute atomic E-state index is 13.0. The van der Waals surface area contributed by atoms with E-state index in [0.717, 1.165) is 11.1 Å². The molecule has 1 fully saturated rings. The Morgan fingerprint density at radius 3 is 2.19 bits per heavy atom. The molecule has 7 nitrogen and oxygen atoms in total. The van der Waals surface area contributed by atoms with E-state index >= 15 is 0 Å². The number of hydrogen-bond acceptors (Lipinski definition) is 5. The van der Waals surface area contributed by atoms with E-state index in [9.17, 15) is 14.9 Å². The van der Waals surface area contributed by atoms with Crippen molar-refractivity contribution in [1.82, 2.24) is 5.43 Å². The Bertz CT molecular complexity index is 1140. The van der Waals surface area contributed by atoms with Crippen molar-refractivity contribution >= 4 is 17.3 Å². The number of carbonyl (C=O) groups excluding carboxylic acids is 1. The van der Waals surface area contributed by atoms with Crippen molar-refractivity contribution < 1.29 is 14.5 Å². The summed E-state index contributed by atoms with van der Waals surface area (Å²) in [5.41, 5.74) is 5.32. The number of rotatable bonds is 7. The molecule has 0 aromatic heterocycles. The summed E-state index contributed by atoms with van der Waals surface area (Å²) in [4.78, 5) is 23.8. The molecule has 3 aromatic carbocycles. The van der Waals surface area contributed by atoms with Gasteiger partial charge in [0.1, 0.15) is 0 Å². The number of nitro groups is 1. The van der Waals surface area contributed by atoms with Crippen molar-refractivity contribution in [2.24, 2.45) is 11.0 Å². The monoisotopic (exact) mass is 429 g/mol. The highest BCUT2D eigenvalue weighted by molar-refractivity contribution is 6.00. The van der Waals surface area contributed by atoms with Gasteiger partial charge in [0.2, 0.25) is 5.91 Å². The average molecular weight is 429 g/mol. The normalized spacial score (nSPS) is 16.8. The molecule has 0 spiro atoms. The molecule has 1 aliphatic carbocycles. The van der Waals surface area contributed by atoms with Gasteiger partial charge in [-0.1, -0.05) is 60.7 Å². The smallest absolute Gasteiger partial charge is 0.311 e. The standard InChI is InChI=1S/C25H23N3O4/c1-17(18-13-14-23(32-2)22(15-18)28(30)31)26-27-24(29)21-16-25(21,19-9-5-3-6-10-19)20-11-7-4-8-12-20/h3-15,21H,16H2,1-2H3,(H,27,29). The van der Waals surface area contributed by atoms with Crippen LogP contribution in [0.3, 0.4) is 0 Å². The molecule has 1 amide bonds. The second-order valence-electron chi connectivity index (χ2n) is 7.78. The average Bonchev–Trinajstić information content (AvgIpc) is 3.60. The lowest BCUT2D eigenvalue weighted by molar-refractivity contribution is -0.385. The summed E-state index contributed by atoms with van der Waals surface area (Å²) in [7, 11) is 1.38. The summed E-state index contributed by atoms with van der Waals surface area (Å²) in [6.45, 7) is 1.69. The molecule has 1 aliphatic rings. The number of benzene rings is 3. The van der Waals surface area contributed by atoms with Crippen LogP contribution in [0, 0.1) is 16.0 Å². The number of methoxy groups -OCH3 is 1. The van der Waals surface area contributed by atoms with E-state index in [1.165, 1.54) is 19.2 Å². The maximum Gasteiger partial charge on any atom is 0.311 e. The van der Waals surface area contributed by atoms with Crippen molar-refractivity contribution in [2.45, 2.75) is 18.8 Å². The van der Waals surface area contributed by atoms with E-state index in [2.05, 4.69) is 10.5 Å². The number of amides is 1. The van der Waals surface area contributed by atoms with Gasteiger partial charge in [0, 0.05) is 17.0 Å². The highest BCUT2D eigenvalue weighted by Crippen LogP contribution is 2.58. The van der Waals surface area contributed by atoms with Gasteiger partial charge in [0.15, 0.2) is 5.75 Å². The Labute approximate surface area is 185 Å². The van der Waals surface area contributed by atoms with Gasteiger partial charge in [-0.3, -0.25) is 14.9 Å². The Hall–Kier alpha value is -4.00. The number of carbonyl (C=O) groups is 1. The van der Waals surface area contributed by atoms with E-state index in [0.29, 0.717) is 17.7 Å². The van der Waals surface area contributed by atoms with Gasteiger partial charge in [-0.05, 0) is 36.6 Å². The second kappa shape index (κ2) is 8.63.